The van der Waals surface area contributed by atoms with Crippen molar-refractivity contribution in [3.63, 3.8) is 0 Å². The molecule has 1 aromatic carbocycles. The summed E-state index contributed by atoms with van der Waals surface area (Å²) < 4.78 is 25.4. The minimum absolute atomic E-state index is 0.0322. The summed E-state index contributed by atoms with van der Waals surface area (Å²) in [6, 6.07) is 5.78. The van der Waals surface area contributed by atoms with Crippen LogP contribution in [0.1, 0.15) is 15.9 Å². The molecule has 0 saturated carbocycles. The lowest BCUT2D eigenvalue weighted by molar-refractivity contribution is 0.0696. The molecule has 0 aliphatic rings. The molecule has 0 bridgehead atoms. The lowest BCUT2D eigenvalue weighted by Gasteiger charge is -2.10. The summed E-state index contributed by atoms with van der Waals surface area (Å²) in [4.78, 5) is 22.4. The molecule has 0 aliphatic heterocycles. The first-order valence-corrected chi connectivity index (χ1v) is 7.38. The van der Waals surface area contributed by atoms with E-state index in [9.17, 15) is 18.0 Å². The molecule has 0 atom stereocenters. The quantitative estimate of drug-likeness (QED) is 0.517. The van der Waals surface area contributed by atoms with Crippen LogP contribution < -0.4 is 16.8 Å². The Bertz CT molecular complexity index is 904. The summed E-state index contributed by atoms with van der Waals surface area (Å²) >= 11 is 0. The van der Waals surface area contributed by atoms with E-state index < -0.39 is 21.6 Å². The number of nitrogen functional groups attached to an aromatic ring is 1. The number of aromatic carboxylic acids is 1. The lowest BCUT2D eigenvalue weighted by atomic mass is 10.1. The number of rotatable bonds is 4. The Balaban J connectivity index is 2.73. The molecule has 0 amide bonds. The normalized spacial score (nSPS) is 11.2. The Morgan fingerprint density at radius 1 is 1.32 bits per heavy atom. The van der Waals surface area contributed by atoms with E-state index in [1.54, 1.807) is 0 Å². The third kappa shape index (κ3) is 2.69. The number of aryl methyl sites for hydroxylation is 1. The van der Waals surface area contributed by atoms with Gasteiger partial charge in [-0.05, 0) is 30.7 Å². The third-order valence-electron chi connectivity index (χ3n) is 2.86. The molecular weight excluding hydrogens is 312 g/mol. The summed E-state index contributed by atoms with van der Waals surface area (Å²) in [6.45, 7) is 1.48. The maximum absolute atomic E-state index is 12.6. The van der Waals surface area contributed by atoms with Crippen molar-refractivity contribution in [2.75, 3.05) is 5.43 Å². The first-order chi connectivity index (χ1) is 10.3. The van der Waals surface area contributed by atoms with Crippen molar-refractivity contribution in [3.8, 4) is 0 Å². The molecule has 0 aliphatic carbocycles. The number of nitrogens with one attached hydrogen (secondary N) is 1. The number of hydrogen-bond donors (Lipinski definition) is 3. The van der Waals surface area contributed by atoms with E-state index in [-0.39, 0.29) is 25.9 Å². The van der Waals surface area contributed by atoms with Gasteiger partial charge in [-0.15, -0.1) is 9.19 Å². The highest BCUT2D eigenvalue weighted by atomic mass is 32.2. The number of carboxylic acids is 1. The van der Waals surface area contributed by atoms with E-state index >= 15 is 0 Å². The van der Waals surface area contributed by atoms with Crippen LogP contribution in [0.15, 0.2) is 40.0 Å². The van der Waals surface area contributed by atoms with Crippen LogP contribution in [0.3, 0.4) is 0 Å². The number of carbonyl (C=O) groups is 1. The van der Waals surface area contributed by atoms with Crippen molar-refractivity contribution in [1.82, 2.24) is 9.19 Å². The van der Waals surface area contributed by atoms with Gasteiger partial charge >= 0.3 is 5.97 Å². The van der Waals surface area contributed by atoms with Gasteiger partial charge in [0.05, 0.1) is 10.5 Å². The number of hydrogen-bond acceptors (Lipinski definition) is 7. The molecule has 0 fully saturated rings. The van der Waals surface area contributed by atoms with Crippen molar-refractivity contribution in [3.05, 3.63) is 51.8 Å². The molecular formula is C12H12N4O5S. The van der Waals surface area contributed by atoms with Crippen molar-refractivity contribution >= 4 is 21.8 Å². The van der Waals surface area contributed by atoms with E-state index in [1.165, 1.54) is 25.1 Å². The predicted octanol–water partition coefficient (Wildman–Crippen LogP) is -0.227. The van der Waals surface area contributed by atoms with E-state index in [2.05, 4.69) is 10.5 Å². The van der Waals surface area contributed by atoms with Gasteiger partial charge in [0, 0.05) is 6.07 Å². The fraction of sp³-hybridized carbons (Fsp3) is 0.0833. The van der Waals surface area contributed by atoms with E-state index in [1.807, 2.05) is 0 Å². The lowest BCUT2D eigenvalue weighted by Crippen LogP contribution is -2.31. The Kier molecular flexibility index (Phi) is 3.97. The van der Waals surface area contributed by atoms with Crippen LogP contribution in [0.25, 0.3) is 0 Å². The largest absolute Gasteiger partial charge is 0.478 e. The van der Waals surface area contributed by atoms with E-state index in [0.717, 1.165) is 12.1 Å². The van der Waals surface area contributed by atoms with E-state index in [0.29, 0.717) is 0 Å². The van der Waals surface area contributed by atoms with Gasteiger partial charge in [-0.25, -0.2) is 10.6 Å². The van der Waals surface area contributed by atoms with Crippen molar-refractivity contribution in [1.29, 1.82) is 0 Å². The average Bonchev–Trinajstić information content (AvgIpc) is 2.47. The summed E-state index contributed by atoms with van der Waals surface area (Å²) in [6.07, 6.45) is 0. The zero-order valence-corrected chi connectivity index (χ0v) is 12.2. The second kappa shape index (κ2) is 5.58. The highest BCUT2D eigenvalue weighted by molar-refractivity contribution is 7.89. The molecule has 0 unspecified atom stereocenters. The SMILES string of the molecule is Cc1ccc(C(=O)O)cc1S(=O)(=O)n1nc(NN)ccc1=O. The van der Waals surface area contributed by atoms with Crippen LogP contribution in [-0.2, 0) is 10.0 Å². The third-order valence-corrected chi connectivity index (χ3v) is 4.57. The topological polar surface area (TPSA) is 144 Å². The summed E-state index contributed by atoms with van der Waals surface area (Å²) in [5, 5.41) is 12.6. The minimum atomic E-state index is -4.35. The number of nitrogens with two attached hydrogens (primary N) is 1. The van der Waals surface area contributed by atoms with Gasteiger partial charge in [0.15, 0.2) is 5.82 Å². The standard InChI is InChI=1S/C12H12N4O5S/c1-7-2-3-8(12(18)19)6-9(7)22(20,21)16-11(17)5-4-10(14-13)15-16/h2-6H,13H2,1H3,(H,14,15)(H,18,19). The molecule has 22 heavy (non-hydrogen) atoms. The molecule has 1 heterocycles. The molecule has 9 nitrogen and oxygen atoms in total. The van der Waals surface area contributed by atoms with Gasteiger partial charge in [-0.3, -0.25) is 4.79 Å². The highest BCUT2D eigenvalue weighted by Crippen LogP contribution is 2.19. The number of hydrazine groups is 1. The summed E-state index contributed by atoms with van der Waals surface area (Å²) in [5.41, 5.74) is 1.31. The van der Waals surface area contributed by atoms with Crippen LogP contribution in [0, 0.1) is 6.92 Å². The van der Waals surface area contributed by atoms with Gasteiger partial charge in [-0.2, -0.15) is 8.42 Å². The van der Waals surface area contributed by atoms with Crippen molar-refractivity contribution < 1.29 is 18.3 Å². The van der Waals surface area contributed by atoms with Gasteiger partial charge < -0.3 is 10.5 Å². The van der Waals surface area contributed by atoms with Gasteiger partial charge in [0.25, 0.3) is 15.6 Å². The number of nitrogens with zero attached hydrogens (tertiary/aromatic N) is 2. The second-order valence-electron chi connectivity index (χ2n) is 4.33. The second-order valence-corrected chi connectivity index (χ2v) is 6.07. The fourth-order valence-electron chi connectivity index (χ4n) is 1.75. The number of benzene rings is 1. The molecule has 0 spiro atoms. The highest BCUT2D eigenvalue weighted by Gasteiger charge is 2.23. The van der Waals surface area contributed by atoms with Crippen LogP contribution >= 0.6 is 0 Å². The monoisotopic (exact) mass is 324 g/mol. The summed E-state index contributed by atoms with van der Waals surface area (Å²) in [5.74, 6) is 3.83. The Morgan fingerprint density at radius 3 is 2.59 bits per heavy atom. The predicted molar refractivity (Wildman–Crippen MR) is 77.0 cm³/mol. The molecule has 1 aromatic heterocycles. The fourth-order valence-corrected chi connectivity index (χ4v) is 3.18. The molecule has 116 valence electrons. The van der Waals surface area contributed by atoms with Crippen molar-refractivity contribution in [2.24, 2.45) is 5.84 Å². The van der Waals surface area contributed by atoms with Gasteiger partial charge in [0.1, 0.15) is 0 Å². The summed E-state index contributed by atoms with van der Waals surface area (Å²) in [7, 11) is -4.35. The molecule has 0 radical (unpaired) electrons. The van der Waals surface area contributed by atoms with Crippen molar-refractivity contribution in [2.45, 2.75) is 11.8 Å². The Morgan fingerprint density at radius 2 is 2.00 bits per heavy atom. The molecule has 2 aromatic rings. The number of carboxylic acid groups (broad SMARTS) is 1. The maximum Gasteiger partial charge on any atom is 0.335 e. The van der Waals surface area contributed by atoms with Gasteiger partial charge in [0.2, 0.25) is 0 Å². The Labute approximate surface area is 125 Å². The van der Waals surface area contributed by atoms with Gasteiger partial charge in [-0.1, -0.05) is 6.07 Å². The molecule has 0 saturated heterocycles. The zero-order valence-electron chi connectivity index (χ0n) is 11.3. The Hall–Kier alpha value is -2.72. The zero-order chi connectivity index (χ0) is 16.5. The smallest absolute Gasteiger partial charge is 0.335 e. The minimum Gasteiger partial charge on any atom is -0.478 e. The average molecular weight is 324 g/mol. The van der Waals surface area contributed by atoms with Crippen LogP contribution in [-0.4, -0.2) is 28.7 Å². The number of aromatic nitrogens is 2. The van der Waals surface area contributed by atoms with Crippen LogP contribution in [0.4, 0.5) is 5.82 Å². The molecule has 2 rings (SSSR count). The first kappa shape index (κ1) is 15.7. The number of anilines is 1. The maximum atomic E-state index is 12.6. The van der Waals surface area contributed by atoms with Crippen LogP contribution in [0.5, 0.6) is 0 Å². The molecule has 10 heteroatoms. The molecule has 4 N–H and O–H groups in total. The van der Waals surface area contributed by atoms with Crippen LogP contribution in [0.2, 0.25) is 0 Å². The first-order valence-electron chi connectivity index (χ1n) is 5.94. The van der Waals surface area contributed by atoms with E-state index in [4.69, 9.17) is 10.9 Å².